The largest absolute Gasteiger partial charge is 0.308 e. The Morgan fingerprint density at radius 3 is 2.40 bits per heavy atom. The summed E-state index contributed by atoms with van der Waals surface area (Å²) < 4.78 is 1.67. The Bertz CT molecular complexity index is 1070. The van der Waals surface area contributed by atoms with Crippen LogP contribution in [0.25, 0.3) is 11.0 Å². The zero-order valence-corrected chi connectivity index (χ0v) is 18.7. The summed E-state index contributed by atoms with van der Waals surface area (Å²) in [6.07, 6.45) is 4.14. The van der Waals surface area contributed by atoms with Gasteiger partial charge in [-0.05, 0) is 38.3 Å². The maximum absolute atomic E-state index is 12.0. The predicted molar refractivity (Wildman–Crippen MR) is 123 cm³/mol. The molecular formula is C24H33N5O. The third-order valence-corrected chi connectivity index (χ3v) is 6.76. The molecule has 160 valence electrons. The fraction of sp³-hybridized carbons (Fsp3) is 0.500. The third-order valence-electron chi connectivity index (χ3n) is 6.76. The van der Waals surface area contributed by atoms with Crippen molar-refractivity contribution in [3.63, 3.8) is 0 Å². The molecule has 4 rings (SSSR count). The van der Waals surface area contributed by atoms with Crippen LogP contribution in [0.1, 0.15) is 50.8 Å². The smallest absolute Gasteiger partial charge is 0.250 e. The Morgan fingerprint density at radius 2 is 1.73 bits per heavy atom. The maximum Gasteiger partial charge on any atom is 0.250 e. The van der Waals surface area contributed by atoms with E-state index in [1.54, 1.807) is 10.6 Å². The van der Waals surface area contributed by atoms with Gasteiger partial charge in [0.1, 0.15) is 5.52 Å². The molecule has 1 fully saturated rings. The summed E-state index contributed by atoms with van der Waals surface area (Å²) in [5, 5.41) is 7.19. The molecule has 0 N–H and O–H groups in total. The fourth-order valence-electron chi connectivity index (χ4n) is 4.68. The summed E-state index contributed by atoms with van der Waals surface area (Å²) in [5.74, 6) is 0. The Kier molecular flexibility index (Phi) is 5.69. The first-order valence-corrected chi connectivity index (χ1v) is 11.1. The number of benzene rings is 1. The van der Waals surface area contributed by atoms with Crippen LogP contribution in [0.15, 0.2) is 47.4 Å². The van der Waals surface area contributed by atoms with Gasteiger partial charge in [-0.1, -0.05) is 43.7 Å². The molecule has 3 heterocycles. The number of hydrogen-bond acceptors (Lipinski definition) is 4. The molecule has 6 heteroatoms. The molecule has 3 atom stereocenters. The Labute approximate surface area is 178 Å². The van der Waals surface area contributed by atoms with Gasteiger partial charge >= 0.3 is 0 Å². The minimum Gasteiger partial charge on any atom is -0.308 e. The van der Waals surface area contributed by atoms with Gasteiger partial charge in [-0.25, -0.2) is 0 Å². The Balaban J connectivity index is 1.64. The van der Waals surface area contributed by atoms with Crippen molar-refractivity contribution >= 4 is 11.0 Å². The van der Waals surface area contributed by atoms with E-state index in [9.17, 15) is 4.79 Å². The molecule has 0 spiro atoms. The highest BCUT2D eigenvalue weighted by Crippen LogP contribution is 2.29. The first-order chi connectivity index (χ1) is 14.4. The lowest BCUT2D eigenvalue weighted by atomic mass is 9.98. The van der Waals surface area contributed by atoms with Gasteiger partial charge in [0, 0.05) is 31.7 Å². The summed E-state index contributed by atoms with van der Waals surface area (Å²) in [4.78, 5) is 16.7. The molecule has 1 aliphatic heterocycles. The number of hydrogen-bond donors (Lipinski definition) is 0. The van der Waals surface area contributed by atoms with E-state index in [-0.39, 0.29) is 5.56 Å². The van der Waals surface area contributed by atoms with Crippen LogP contribution in [0.4, 0.5) is 0 Å². The number of piperazine rings is 1. The van der Waals surface area contributed by atoms with Crippen molar-refractivity contribution < 1.29 is 0 Å². The van der Waals surface area contributed by atoms with E-state index >= 15 is 0 Å². The van der Waals surface area contributed by atoms with Crippen LogP contribution in [-0.2, 0) is 7.05 Å². The molecule has 0 amide bonds. The van der Waals surface area contributed by atoms with Gasteiger partial charge in [-0.2, -0.15) is 9.89 Å². The van der Waals surface area contributed by atoms with Crippen molar-refractivity contribution in [2.24, 2.45) is 7.05 Å². The summed E-state index contributed by atoms with van der Waals surface area (Å²) in [7, 11) is 1.81. The average molecular weight is 408 g/mol. The summed E-state index contributed by atoms with van der Waals surface area (Å²) >= 11 is 0. The van der Waals surface area contributed by atoms with E-state index in [0.29, 0.717) is 18.1 Å². The van der Waals surface area contributed by atoms with Gasteiger partial charge in [0.15, 0.2) is 0 Å². The third kappa shape index (κ3) is 3.65. The molecule has 6 nitrogen and oxygen atoms in total. The maximum atomic E-state index is 12.0. The molecule has 2 aromatic heterocycles. The molecule has 1 aliphatic rings. The van der Waals surface area contributed by atoms with Gasteiger partial charge < -0.3 is 4.57 Å². The zero-order chi connectivity index (χ0) is 21.4. The van der Waals surface area contributed by atoms with E-state index in [2.05, 4.69) is 61.9 Å². The molecule has 1 aromatic carbocycles. The Hall–Kier alpha value is -2.60. The molecule has 0 saturated carbocycles. The van der Waals surface area contributed by atoms with Gasteiger partial charge in [-0.3, -0.25) is 14.7 Å². The molecule has 3 aromatic rings. The highest BCUT2D eigenvalue weighted by atomic mass is 16.1. The number of pyridine rings is 1. The molecular weight excluding hydrogens is 374 g/mol. The summed E-state index contributed by atoms with van der Waals surface area (Å²) in [6, 6.07) is 13.5. The van der Waals surface area contributed by atoms with Gasteiger partial charge in [-0.15, -0.1) is 0 Å². The van der Waals surface area contributed by atoms with E-state index in [1.165, 1.54) is 11.1 Å². The number of rotatable bonds is 5. The molecule has 0 bridgehead atoms. The van der Waals surface area contributed by atoms with Crippen LogP contribution < -0.4 is 10.6 Å². The summed E-state index contributed by atoms with van der Waals surface area (Å²) in [5.41, 5.74) is 4.41. The van der Waals surface area contributed by atoms with Crippen molar-refractivity contribution in [1.82, 2.24) is 19.4 Å². The van der Waals surface area contributed by atoms with Gasteiger partial charge in [0.2, 0.25) is 0 Å². The lowest BCUT2D eigenvalue weighted by molar-refractivity contribution is 0.0855. The molecule has 0 radical (unpaired) electrons. The molecule has 30 heavy (non-hydrogen) atoms. The highest BCUT2D eigenvalue weighted by Gasteiger charge is 2.35. The zero-order valence-electron chi connectivity index (χ0n) is 18.7. The molecule has 0 aliphatic carbocycles. The minimum atomic E-state index is -0.00253. The second-order valence-corrected chi connectivity index (χ2v) is 8.58. The first-order valence-electron chi connectivity index (χ1n) is 11.1. The normalized spacial score (nSPS) is 21.3. The second kappa shape index (κ2) is 8.26. The lowest BCUT2D eigenvalue weighted by Gasteiger charge is -2.49. The second-order valence-electron chi connectivity index (χ2n) is 8.58. The number of aryl methyl sites for hydroxylation is 2. The van der Waals surface area contributed by atoms with Crippen molar-refractivity contribution in [2.75, 3.05) is 18.1 Å². The SMILES string of the molecule is CC[C@@H]1CN(n2cc3c(ccc(=O)n3C)n2)[C@@H](CC)CN1C(C)c1ccc(C)cc1. The van der Waals surface area contributed by atoms with E-state index in [1.807, 2.05) is 24.1 Å². The standard InChI is InChI=1S/C24H33N5O/c1-6-20-15-28(29-16-23-22(25-29)12-13-24(30)26(23)5)21(7-2)14-27(20)18(4)19-10-8-17(3)9-11-19/h8-13,16,18,20-21H,6-7,14-15H2,1-5H3/t18?,20-,21+/m1/s1. The minimum absolute atomic E-state index is 0.00253. The molecule has 1 saturated heterocycles. The number of fused-ring (bicyclic) bond motifs is 1. The van der Waals surface area contributed by atoms with Crippen molar-refractivity contribution in [3.8, 4) is 0 Å². The van der Waals surface area contributed by atoms with Crippen LogP contribution in [0.5, 0.6) is 0 Å². The van der Waals surface area contributed by atoms with E-state index < -0.39 is 0 Å². The Morgan fingerprint density at radius 1 is 1.03 bits per heavy atom. The topological polar surface area (TPSA) is 46.3 Å². The van der Waals surface area contributed by atoms with Crippen LogP contribution in [0.2, 0.25) is 0 Å². The summed E-state index contributed by atoms with van der Waals surface area (Å²) in [6.45, 7) is 10.9. The quantitative estimate of drug-likeness (QED) is 0.648. The predicted octanol–water partition coefficient (Wildman–Crippen LogP) is 3.62. The fourth-order valence-corrected chi connectivity index (χ4v) is 4.68. The number of nitrogens with zero attached hydrogens (tertiary/aromatic N) is 5. The van der Waals surface area contributed by atoms with Crippen molar-refractivity contribution in [3.05, 3.63) is 64.1 Å². The van der Waals surface area contributed by atoms with Crippen molar-refractivity contribution in [1.29, 1.82) is 0 Å². The highest BCUT2D eigenvalue weighted by molar-refractivity contribution is 5.73. The monoisotopic (exact) mass is 407 g/mol. The molecule has 1 unspecified atom stereocenters. The van der Waals surface area contributed by atoms with Crippen molar-refractivity contribution in [2.45, 2.75) is 58.7 Å². The van der Waals surface area contributed by atoms with Gasteiger partial charge in [0.25, 0.3) is 5.56 Å². The first kappa shape index (κ1) is 20.7. The van der Waals surface area contributed by atoms with Crippen LogP contribution in [0, 0.1) is 6.92 Å². The van der Waals surface area contributed by atoms with Crippen LogP contribution >= 0.6 is 0 Å². The average Bonchev–Trinajstić information content (AvgIpc) is 3.20. The van der Waals surface area contributed by atoms with E-state index in [0.717, 1.165) is 37.0 Å². The number of aromatic nitrogens is 3. The van der Waals surface area contributed by atoms with E-state index in [4.69, 9.17) is 5.10 Å². The van der Waals surface area contributed by atoms with Gasteiger partial charge in [0.05, 0.1) is 24.3 Å². The van der Waals surface area contributed by atoms with Crippen LogP contribution in [-0.4, -0.2) is 44.5 Å². The lowest BCUT2D eigenvalue weighted by Crippen LogP contribution is -2.62. The van der Waals surface area contributed by atoms with Crippen LogP contribution in [0.3, 0.4) is 0 Å².